The van der Waals surface area contributed by atoms with Gasteiger partial charge in [-0.1, -0.05) is 20.3 Å². The second kappa shape index (κ2) is 11.4. The highest BCUT2D eigenvalue weighted by atomic mass is 16.5. The monoisotopic (exact) mass is 300 g/mol. The van der Waals surface area contributed by atoms with E-state index in [1.54, 1.807) is 0 Å². The van der Waals surface area contributed by atoms with Crippen molar-refractivity contribution in [1.82, 2.24) is 10.2 Å². The fourth-order valence-corrected chi connectivity index (χ4v) is 2.80. The zero-order valence-electron chi connectivity index (χ0n) is 14.3. The number of ether oxygens (including phenoxy) is 1. The van der Waals surface area contributed by atoms with Gasteiger partial charge in [0.2, 0.25) is 0 Å². The standard InChI is InChI=1S/C17H36N2O2/c1-15(2)8-7-11-21-14-17(20)12-18-16(3)13-19-9-5-4-6-10-19/h15-18,20H,4-14H2,1-3H3. The van der Waals surface area contributed by atoms with Crippen molar-refractivity contribution < 1.29 is 9.84 Å². The van der Waals surface area contributed by atoms with Crippen LogP contribution in [0.25, 0.3) is 0 Å². The summed E-state index contributed by atoms with van der Waals surface area (Å²) >= 11 is 0. The summed E-state index contributed by atoms with van der Waals surface area (Å²) in [7, 11) is 0. The van der Waals surface area contributed by atoms with Gasteiger partial charge in [0.05, 0.1) is 12.7 Å². The lowest BCUT2D eigenvalue weighted by molar-refractivity contribution is 0.0330. The van der Waals surface area contributed by atoms with Gasteiger partial charge in [0.15, 0.2) is 0 Å². The number of nitrogens with zero attached hydrogens (tertiary/aromatic N) is 1. The maximum atomic E-state index is 9.91. The van der Waals surface area contributed by atoms with Gasteiger partial charge in [-0.3, -0.25) is 0 Å². The first kappa shape index (κ1) is 18.9. The van der Waals surface area contributed by atoms with E-state index < -0.39 is 6.10 Å². The van der Waals surface area contributed by atoms with Crippen molar-refractivity contribution >= 4 is 0 Å². The first-order chi connectivity index (χ1) is 10.1. The van der Waals surface area contributed by atoms with E-state index in [0.29, 0.717) is 19.2 Å². The van der Waals surface area contributed by atoms with E-state index in [-0.39, 0.29) is 0 Å². The molecule has 4 nitrogen and oxygen atoms in total. The Morgan fingerprint density at radius 2 is 1.86 bits per heavy atom. The van der Waals surface area contributed by atoms with Crippen LogP contribution in [-0.4, -0.2) is 61.5 Å². The zero-order chi connectivity index (χ0) is 15.5. The van der Waals surface area contributed by atoms with E-state index in [9.17, 15) is 5.11 Å². The summed E-state index contributed by atoms with van der Waals surface area (Å²) in [6, 6.07) is 0.429. The number of rotatable bonds is 11. The molecule has 0 saturated carbocycles. The van der Waals surface area contributed by atoms with E-state index in [1.165, 1.54) is 38.8 Å². The molecule has 126 valence electrons. The average molecular weight is 300 g/mol. The molecule has 0 radical (unpaired) electrons. The minimum absolute atomic E-state index is 0.396. The molecule has 0 aromatic heterocycles. The number of aliphatic hydroxyl groups is 1. The molecule has 0 bridgehead atoms. The molecule has 21 heavy (non-hydrogen) atoms. The lowest BCUT2D eigenvalue weighted by atomic mass is 10.1. The number of nitrogens with one attached hydrogen (secondary N) is 1. The van der Waals surface area contributed by atoms with Crippen LogP contribution in [0.3, 0.4) is 0 Å². The third-order valence-corrected chi connectivity index (χ3v) is 4.06. The molecule has 0 aromatic rings. The SMILES string of the molecule is CC(C)CCCOCC(O)CNC(C)CN1CCCCC1. The lowest BCUT2D eigenvalue weighted by Crippen LogP contribution is -2.44. The van der Waals surface area contributed by atoms with Crippen LogP contribution in [-0.2, 0) is 4.74 Å². The molecule has 0 aliphatic carbocycles. The van der Waals surface area contributed by atoms with Gasteiger partial charge in [-0.15, -0.1) is 0 Å². The van der Waals surface area contributed by atoms with Crippen molar-refractivity contribution in [1.29, 1.82) is 0 Å². The third-order valence-electron chi connectivity index (χ3n) is 4.06. The minimum atomic E-state index is -0.396. The molecule has 4 heteroatoms. The molecular formula is C17H36N2O2. The van der Waals surface area contributed by atoms with Crippen molar-refractivity contribution in [2.45, 2.75) is 65.0 Å². The molecule has 2 unspecified atom stereocenters. The van der Waals surface area contributed by atoms with Gasteiger partial charge in [0.25, 0.3) is 0 Å². The quantitative estimate of drug-likeness (QED) is 0.575. The highest BCUT2D eigenvalue weighted by Gasteiger charge is 2.14. The largest absolute Gasteiger partial charge is 0.389 e. The van der Waals surface area contributed by atoms with E-state index in [2.05, 4.69) is 31.0 Å². The Labute approximate surface area is 131 Å². The van der Waals surface area contributed by atoms with Crippen LogP contribution < -0.4 is 5.32 Å². The van der Waals surface area contributed by atoms with Gasteiger partial charge in [-0.2, -0.15) is 0 Å². The normalized spacial score (nSPS) is 19.9. The summed E-state index contributed by atoms with van der Waals surface area (Å²) < 4.78 is 5.53. The molecule has 1 saturated heterocycles. The van der Waals surface area contributed by atoms with E-state index in [0.717, 1.165) is 25.5 Å². The Balaban J connectivity index is 1.97. The van der Waals surface area contributed by atoms with Crippen LogP contribution in [0.15, 0.2) is 0 Å². The summed E-state index contributed by atoms with van der Waals surface area (Å²) in [6.07, 6.45) is 5.93. The van der Waals surface area contributed by atoms with Gasteiger partial charge < -0.3 is 20.1 Å². The molecule has 1 fully saturated rings. The van der Waals surface area contributed by atoms with Crippen molar-refractivity contribution in [2.24, 2.45) is 5.92 Å². The Kier molecular flexibility index (Phi) is 10.3. The Morgan fingerprint density at radius 3 is 2.52 bits per heavy atom. The van der Waals surface area contributed by atoms with Crippen LogP contribution in [0.2, 0.25) is 0 Å². The Morgan fingerprint density at radius 1 is 1.14 bits per heavy atom. The summed E-state index contributed by atoms with van der Waals surface area (Å²) in [5.74, 6) is 0.732. The Hall–Kier alpha value is -0.160. The van der Waals surface area contributed by atoms with Gasteiger partial charge in [-0.25, -0.2) is 0 Å². The fraction of sp³-hybridized carbons (Fsp3) is 1.00. The first-order valence-electron chi connectivity index (χ1n) is 8.79. The number of likely N-dealkylation sites (tertiary alicyclic amines) is 1. The van der Waals surface area contributed by atoms with Crippen LogP contribution in [0, 0.1) is 5.92 Å². The Bertz CT molecular complexity index is 243. The van der Waals surface area contributed by atoms with Crippen molar-refractivity contribution in [3.63, 3.8) is 0 Å². The summed E-state index contributed by atoms with van der Waals surface area (Å²) in [5, 5.41) is 13.3. The van der Waals surface area contributed by atoms with Crippen LogP contribution in [0.5, 0.6) is 0 Å². The molecular weight excluding hydrogens is 264 g/mol. The molecule has 1 aliphatic rings. The van der Waals surface area contributed by atoms with E-state index in [4.69, 9.17) is 4.74 Å². The average Bonchev–Trinajstić information content (AvgIpc) is 2.45. The van der Waals surface area contributed by atoms with E-state index >= 15 is 0 Å². The second-order valence-corrected chi connectivity index (χ2v) is 6.94. The van der Waals surface area contributed by atoms with Crippen LogP contribution >= 0.6 is 0 Å². The van der Waals surface area contributed by atoms with Gasteiger partial charge >= 0.3 is 0 Å². The summed E-state index contributed by atoms with van der Waals surface area (Å²) in [5.41, 5.74) is 0. The predicted octanol–water partition coefficient (Wildman–Crippen LogP) is 2.26. The molecule has 1 rings (SSSR count). The molecule has 2 N–H and O–H groups in total. The maximum Gasteiger partial charge on any atom is 0.0897 e. The van der Waals surface area contributed by atoms with Gasteiger partial charge in [0, 0.05) is 25.7 Å². The van der Waals surface area contributed by atoms with Gasteiger partial charge in [0.1, 0.15) is 0 Å². The maximum absolute atomic E-state index is 9.91. The van der Waals surface area contributed by atoms with Crippen LogP contribution in [0.1, 0.15) is 52.9 Å². The second-order valence-electron chi connectivity index (χ2n) is 6.94. The summed E-state index contributed by atoms with van der Waals surface area (Å²) in [6.45, 7) is 12.0. The smallest absolute Gasteiger partial charge is 0.0897 e. The number of hydrogen-bond acceptors (Lipinski definition) is 4. The number of piperidine rings is 1. The summed E-state index contributed by atoms with van der Waals surface area (Å²) in [4.78, 5) is 2.52. The third kappa shape index (κ3) is 10.2. The van der Waals surface area contributed by atoms with E-state index in [1.807, 2.05) is 0 Å². The molecule has 0 amide bonds. The lowest BCUT2D eigenvalue weighted by Gasteiger charge is -2.29. The predicted molar refractivity (Wildman–Crippen MR) is 88.7 cm³/mol. The van der Waals surface area contributed by atoms with Crippen molar-refractivity contribution in [3.8, 4) is 0 Å². The highest BCUT2D eigenvalue weighted by Crippen LogP contribution is 2.08. The highest BCUT2D eigenvalue weighted by molar-refractivity contribution is 4.72. The zero-order valence-corrected chi connectivity index (χ0v) is 14.3. The van der Waals surface area contributed by atoms with Crippen molar-refractivity contribution in [3.05, 3.63) is 0 Å². The molecule has 1 aliphatic heterocycles. The minimum Gasteiger partial charge on any atom is -0.389 e. The molecule has 2 atom stereocenters. The van der Waals surface area contributed by atoms with Crippen LogP contribution in [0.4, 0.5) is 0 Å². The topological polar surface area (TPSA) is 44.7 Å². The number of hydrogen-bond donors (Lipinski definition) is 2. The van der Waals surface area contributed by atoms with Crippen molar-refractivity contribution in [2.75, 3.05) is 39.4 Å². The molecule has 1 heterocycles. The fourth-order valence-electron chi connectivity index (χ4n) is 2.80. The van der Waals surface area contributed by atoms with Gasteiger partial charge in [-0.05, 0) is 51.6 Å². The molecule has 0 aromatic carbocycles. The molecule has 0 spiro atoms. The number of aliphatic hydroxyl groups excluding tert-OH is 1. The first-order valence-corrected chi connectivity index (χ1v) is 8.79.